The molecule has 0 aliphatic heterocycles. The van der Waals surface area contributed by atoms with Gasteiger partial charge in [0, 0.05) is 0 Å². The van der Waals surface area contributed by atoms with Crippen LogP contribution < -0.4 is 4.74 Å². The lowest BCUT2D eigenvalue weighted by Gasteiger charge is -2.21. The zero-order chi connectivity index (χ0) is 16.3. The Hall–Kier alpha value is -2.19. The van der Waals surface area contributed by atoms with Gasteiger partial charge in [-0.25, -0.2) is 0 Å². The van der Waals surface area contributed by atoms with Gasteiger partial charge in [-0.05, 0) is 55.2 Å². The molecule has 0 spiro atoms. The summed E-state index contributed by atoms with van der Waals surface area (Å²) in [6.07, 6.45) is 0. The minimum atomic E-state index is -0.177. The summed E-state index contributed by atoms with van der Waals surface area (Å²) in [5, 5.41) is 0. The summed E-state index contributed by atoms with van der Waals surface area (Å²) in [5.74, 6) is 0.901. The van der Waals surface area contributed by atoms with Crippen LogP contribution in [0.1, 0.15) is 20.8 Å². The molecule has 0 saturated carbocycles. The van der Waals surface area contributed by atoms with E-state index >= 15 is 0 Å². The summed E-state index contributed by atoms with van der Waals surface area (Å²) in [6.45, 7) is 6.18. The van der Waals surface area contributed by atoms with Gasteiger partial charge >= 0.3 is 0 Å². The second kappa shape index (κ2) is 7.59. The summed E-state index contributed by atoms with van der Waals surface area (Å²) in [6, 6.07) is 27.3. The van der Waals surface area contributed by atoms with Crippen molar-refractivity contribution in [3.63, 3.8) is 0 Å². The average Bonchev–Trinajstić information content (AvgIpc) is 2.55. The van der Waals surface area contributed by atoms with Crippen molar-refractivity contribution in [3.8, 4) is 28.0 Å². The van der Waals surface area contributed by atoms with E-state index in [9.17, 15) is 0 Å². The van der Waals surface area contributed by atoms with Crippen LogP contribution in [0.4, 0.5) is 0 Å². The van der Waals surface area contributed by atoms with E-state index in [1.54, 1.807) is 0 Å². The topological polar surface area (TPSA) is 9.23 Å². The Balaban J connectivity index is 0.00000208. The highest BCUT2D eigenvalue weighted by Gasteiger charge is 2.12. The van der Waals surface area contributed by atoms with Crippen molar-refractivity contribution in [3.05, 3.63) is 78.9 Å². The Labute approximate surface area is 151 Å². The van der Waals surface area contributed by atoms with E-state index in [4.69, 9.17) is 4.74 Å². The molecule has 2 heteroatoms. The van der Waals surface area contributed by atoms with Gasteiger partial charge in [0.05, 0.1) is 0 Å². The molecule has 0 aliphatic carbocycles. The number of hydrogen-bond donors (Lipinski definition) is 0. The maximum atomic E-state index is 5.91. The lowest BCUT2D eigenvalue weighted by molar-refractivity contribution is 0.131. The first-order valence-electron chi connectivity index (χ1n) is 7.97. The normalized spacial score (nSPS) is 10.8. The lowest BCUT2D eigenvalue weighted by atomic mass is 9.95. The van der Waals surface area contributed by atoms with Crippen LogP contribution in [0.25, 0.3) is 22.3 Å². The first-order chi connectivity index (χ1) is 11.0. The third-order valence-electron chi connectivity index (χ3n) is 3.60. The maximum absolute atomic E-state index is 5.91. The molecule has 0 atom stereocenters. The van der Waals surface area contributed by atoms with E-state index in [1.165, 1.54) is 22.3 Å². The highest BCUT2D eigenvalue weighted by atomic mass is 32.1. The lowest BCUT2D eigenvalue weighted by Crippen LogP contribution is -2.22. The van der Waals surface area contributed by atoms with Crippen molar-refractivity contribution < 1.29 is 4.74 Å². The Kier molecular flexibility index (Phi) is 5.74. The molecule has 0 fully saturated rings. The minimum Gasteiger partial charge on any atom is -0.488 e. The van der Waals surface area contributed by atoms with Crippen LogP contribution in [0.5, 0.6) is 5.75 Å². The van der Waals surface area contributed by atoms with E-state index in [2.05, 4.69) is 81.4 Å². The van der Waals surface area contributed by atoms with Gasteiger partial charge in [0.15, 0.2) is 0 Å². The average molecular weight is 337 g/mol. The molecular weight excluding hydrogens is 312 g/mol. The van der Waals surface area contributed by atoms with Crippen LogP contribution in [0.2, 0.25) is 0 Å². The fourth-order valence-electron chi connectivity index (χ4n) is 2.66. The van der Waals surface area contributed by atoms with Crippen molar-refractivity contribution in [2.75, 3.05) is 0 Å². The Bertz CT molecular complexity index is 771. The standard InChI is InChI=1S/C22H22O.H2S/c1-22(2,3)23-19-15-13-18(14-16-19)21-12-8-7-11-20(21)17-9-5-4-6-10-17;/h4-16H,1-3H3;1H2. The predicted molar refractivity (Wildman–Crippen MR) is 108 cm³/mol. The van der Waals surface area contributed by atoms with Gasteiger partial charge in [-0.2, -0.15) is 13.5 Å². The van der Waals surface area contributed by atoms with Gasteiger partial charge in [0.25, 0.3) is 0 Å². The van der Waals surface area contributed by atoms with Gasteiger partial charge in [0.1, 0.15) is 11.4 Å². The summed E-state index contributed by atoms with van der Waals surface area (Å²) in [7, 11) is 0. The van der Waals surface area contributed by atoms with Crippen molar-refractivity contribution in [1.82, 2.24) is 0 Å². The molecule has 0 N–H and O–H groups in total. The third-order valence-corrected chi connectivity index (χ3v) is 3.60. The highest BCUT2D eigenvalue weighted by Crippen LogP contribution is 2.33. The molecule has 3 aromatic carbocycles. The molecule has 24 heavy (non-hydrogen) atoms. The maximum Gasteiger partial charge on any atom is 0.120 e. The fourth-order valence-corrected chi connectivity index (χ4v) is 2.66. The largest absolute Gasteiger partial charge is 0.488 e. The zero-order valence-electron chi connectivity index (χ0n) is 14.4. The molecule has 0 bridgehead atoms. The Morgan fingerprint density at radius 2 is 1.04 bits per heavy atom. The quantitative estimate of drug-likeness (QED) is 0.544. The number of benzene rings is 3. The second-order valence-corrected chi connectivity index (χ2v) is 6.65. The molecule has 0 amide bonds. The van der Waals surface area contributed by atoms with Crippen LogP contribution in [-0.2, 0) is 0 Å². The summed E-state index contributed by atoms with van der Waals surface area (Å²) in [5.41, 5.74) is 4.74. The molecule has 3 aromatic rings. The van der Waals surface area contributed by atoms with Crippen LogP contribution in [-0.4, -0.2) is 5.60 Å². The zero-order valence-corrected chi connectivity index (χ0v) is 15.4. The molecule has 1 nitrogen and oxygen atoms in total. The van der Waals surface area contributed by atoms with Crippen LogP contribution in [0, 0.1) is 0 Å². The Morgan fingerprint density at radius 1 is 0.583 bits per heavy atom. The SMILES string of the molecule is CC(C)(C)Oc1ccc(-c2ccccc2-c2ccccc2)cc1.S. The molecule has 3 rings (SSSR count). The van der Waals surface area contributed by atoms with Crippen molar-refractivity contribution in [1.29, 1.82) is 0 Å². The highest BCUT2D eigenvalue weighted by molar-refractivity contribution is 7.59. The van der Waals surface area contributed by atoms with Crippen molar-refractivity contribution in [2.24, 2.45) is 0 Å². The molecule has 0 saturated heterocycles. The molecule has 124 valence electrons. The minimum absolute atomic E-state index is 0. The van der Waals surface area contributed by atoms with Gasteiger partial charge in [0.2, 0.25) is 0 Å². The van der Waals surface area contributed by atoms with Crippen LogP contribution >= 0.6 is 13.5 Å². The first kappa shape index (κ1) is 18.2. The molecular formula is C22H24OS. The number of rotatable bonds is 3. The van der Waals surface area contributed by atoms with Gasteiger partial charge < -0.3 is 4.74 Å². The van der Waals surface area contributed by atoms with Gasteiger partial charge in [-0.3, -0.25) is 0 Å². The third kappa shape index (κ3) is 4.42. The molecule has 0 aliphatic rings. The summed E-state index contributed by atoms with van der Waals surface area (Å²) >= 11 is 0. The molecule has 0 aromatic heterocycles. The predicted octanol–water partition coefficient (Wildman–Crippen LogP) is 6.31. The number of hydrogen-bond acceptors (Lipinski definition) is 1. The summed E-state index contributed by atoms with van der Waals surface area (Å²) in [4.78, 5) is 0. The van der Waals surface area contributed by atoms with Crippen LogP contribution in [0.3, 0.4) is 0 Å². The number of ether oxygens (including phenoxy) is 1. The van der Waals surface area contributed by atoms with Gasteiger partial charge in [-0.15, -0.1) is 0 Å². The monoisotopic (exact) mass is 336 g/mol. The second-order valence-electron chi connectivity index (χ2n) is 6.65. The van der Waals surface area contributed by atoms with E-state index in [-0.39, 0.29) is 19.1 Å². The Morgan fingerprint density at radius 3 is 1.54 bits per heavy atom. The molecule has 0 radical (unpaired) electrons. The fraction of sp³-hybridized carbons (Fsp3) is 0.182. The van der Waals surface area contributed by atoms with E-state index < -0.39 is 0 Å². The van der Waals surface area contributed by atoms with Crippen molar-refractivity contribution >= 4 is 13.5 Å². The van der Waals surface area contributed by atoms with Crippen LogP contribution in [0.15, 0.2) is 78.9 Å². The van der Waals surface area contributed by atoms with Gasteiger partial charge in [-0.1, -0.05) is 66.7 Å². The first-order valence-corrected chi connectivity index (χ1v) is 7.97. The summed E-state index contributed by atoms with van der Waals surface area (Å²) < 4.78 is 5.91. The van der Waals surface area contributed by atoms with E-state index in [0.29, 0.717) is 0 Å². The van der Waals surface area contributed by atoms with E-state index in [1.807, 2.05) is 18.2 Å². The molecule has 0 heterocycles. The smallest absolute Gasteiger partial charge is 0.120 e. The molecule has 0 unspecified atom stereocenters. The van der Waals surface area contributed by atoms with Crippen molar-refractivity contribution in [2.45, 2.75) is 26.4 Å². The van der Waals surface area contributed by atoms with E-state index in [0.717, 1.165) is 5.75 Å².